The van der Waals surface area contributed by atoms with E-state index in [-0.39, 0.29) is 0 Å². The molecule has 6 heteroatoms. The first kappa shape index (κ1) is 13.4. The minimum Gasteiger partial charge on any atom is -0.493 e. The lowest BCUT2D eigenvalue weighted by atomic mass is 10.2. The Kier molecular flexibility index (Phi) is 4.90. The van der Waals surface area contributed by atoms with Crippen LogP contribution in [0.1, 0.15) is 5.56 Å². The van der Waals surface area contributed by atoms with E-state index in [0.29, 0.717) is 23.8 Å². The number of halogens is 1. The van der Waals surface area contributed by atoms with Crippen molar-refractivity contribution in [3.63, 3.8) is 0 Å². The predicted molar refractivity (Wildman–Crippen MR) is 64.2 cm³/mol. The lowest BCUT2D eigenvalue weighted by molar-refractivity contribution is 0.259. The van der Waals surface area contributed by atoms with Gasteiger partial charge in [0.05, 0.1) is 21.3 Å². The van der Waals surface area contributed by atoms with Gasteiger partial charge in [-0.05, 0) is 29.3 Å². The maximum absolute atomic E-state index is 10.6. The van der Waals surface area contributed by atoms with E-state index >= 15 is 0 Å². The fourth-order valence-electron chi connectivity index (χ4n) is 1.41. The Balaban J connectivity index is 3.04. The summed E-state index contributed by atoms with van der Waals surface area (Å²) in [6, 6.07) is 3.49. The van der Waals surface area contributed by atoms with E-state index in [0.717, 1.165) is 5.56 Å². The molecule has 0 saturated heterocycles. The van der Waals surface area contributed by atoms with E-state index in [2.05, 4.69) is 5.32 Å². The monoisotopic (exact) mass is 259 g/mol. The molecule has 0 aliphatic carbocycles. The van der Waals surface area contributed by atoms with Crippen molar-refractivity contribution in [2.24, 2.45) is 0 Å². The highest BCUT2D eigenvalue weighted by molar-refractivity contribution is 6.62. The van der Waals surface area contributed by atoms with Crippen LogP contribution in [0.2, 0.25) is 0 Å². The van der Waals surface area contributed by atoms with Crippen molar-refractivity contribution in [2.75, 3.05) is 21.3 Å². The molecule has 0 aliphatic rings. The lowest BCUT2D eigenvalue weighted by Gasteiger charge is -2.14. The third kappa shape index (κ3) is 3.42. The fraction of sp³-hybridized carbons (Fsp3) is 0.364. The first-order valence-electron chi connectivity index (χ1n) is 4.84. The zero-order valence-corrected chi connectivity index (χ0v) is 10.6. The second kappa shape index (κ2) is 6.20. The summed E-state index contributed by atoms with van der Waals surface area (Å²) in [7, 11) is 4.59. The minimum atomic E-state index is -0.612. The van der Waals surface area contributed by atoms with Crippen LogP contribution in [0.4, 0.5) is 4.79 Å². The summed E-state index contributed by atoms with van der Waals surface area (Å²) in [4.78, 5) is 10.6. The van der Waals surface area contributed by atoms with Gasteiger partial charge in [-0.2, -0.15) is 0 Å². The Labute approximate surface area is 105 Å². The number of hydrogen-bond donors (Lipinski definition) is 1. The second-order valence-electron chi connectivity index (χ2n) is 3.16. The average Bonchev–Trinajstić information content (AvgIpc) is 2.34. The molecule has 0 aliphatic heterocycles. The third-order valence-corrected chi connectivity index (χ3v) is 2.29. The number of methoxy groups -OCH3 is 3. The highest BCUT2D eigenvalue weighted by Crippen LogP contribution is 2.38. The number of amides is 1. The van der Waals surface area contributed by atoms with Gasteiger partial charge in [-0.3, -0.25) is 4.79 Å². The van der Waals surface area contributed by atoms with Crippen molar-refractivity contribution in [2.45, 2.75) is 6.54 Å². The molecule has 0 saturated carbocycles. The van der Waals surface area contributed by atoms with Crippen LogP contribution in [0, 0.1) is 0 Å². The summed E-state index contributed by atoms with van der Waals surface area (Å²) in [5.74, 6) is 1.58. The van der Waals surface area contributed by atoms with E-state index in [1.807, 2.05) is 0 Å². The smallest absolute Gasteiger partial charge is 0.314 e. The van der Waals surface area contributed by atoms with Crippen molar-refractivity contribution in [1.29, 1.82) is 0 Å². The maximum atomic E-state index is 10.6. The van der Waals surface area contributed by atoms with Gasteiger partial charge in [-0.1, -0.05) is 0 Å². The van der Waals surface area contributed by atoms with Gasteiger partial charge in [0.1, 0.15) is 0 Å². The molecule has 1 amide bonds. The van der Waals surface area contributed by atoms with Crippen molar-refractivity contribution in [1.82, 2.24) is 5.32 Å². The first-order chi connectivity index (χ1) is 8.12. The van der Waals surface area contributed by atoms with Crippen LogP contribution in [0.15, 0.2) is 12.1 Å². The largest absolute Gasteiger partial charge is 0.493 e. The van der Waals surface area contributed by atoms with Gasteiger partial charge in [0.25, 0.3) is 0 Å². The summed E-state index contributed by atoms with van der Waals surface area (Å²) >= 11 is 5.20. The number of rotatable bonds is 5. The summed E-state index contributed by atoms with van der Waals surface area (Å²) < 4.78 is 15.5. The minimum absolute atomic E-state index is 0.291. The molecular formula is C11H14ClNO4. The zero-order chi connectivity index (χ0) is 12.8. The van der Waals surface area contributed by atoms with Crippen LogP contribution >= 0.6 is 11.6 Å². The quantitative estimate of drug-likeness (QED) is 0.650. The van der Waals surface area contributed by atoms with Crippen molar-refractivity contribution < 1.29 is 19.0 Å². The molecular weight excluding hydrogens is 246 g/mol. The highest BCUT2D eigenvalue weighted by Gasteiger charge is 2.13. The lowest BCUT2D eigenvalue weighted by Crippen LogP contribution is -2.15. The van der Waals surface area contributed by atoms with Crippen LogP contribution in [0.5, 0.6) is 17.2 Å². The molecule has 94 valence electrons. The van der Waals surface area contributed by atoms with Crippen LogP contribution in [-0.2, 0) is 6.54 Å². The van der Waals surface area contributed by atoms with Crippen molar-refractivity contribution in [3.8, 4) is 17.2 Å². The molecule has 1 rings (SSSR count). The number of nitrogens with one attached hydrogen (secondary N) is 1. The molecule has 0 atom stereocenters. The molecule has 0 radical (unpaired) electrons. The number of carbonyl (C=O) groups is 1. The molecule has 0 aromatic heterocycles. The summed E-state index contributed by atoms with van der Waals surface area (Å²) in [5, 5.41) is 1.86. The summed E-state index contributed by atoms with van der Waals surface area (Å²) in [5.41, 5.74) is 0.800. The highest BCUT2D eigenvalue weighted by atomic mass is 35.5. The predicted octanol–water partition coefficient (Wildman–Crippen LogP) is 2.16. The number of benzene rings is 1. The van der Waals surface area contributed by atoms with E-state index in [9.17, 15) is 4.79 Å². The van der Waals surface area contributed by atoms with Crippen molar-refractivity contribution >= 4 is 17.0 Å². The van der Waals surface area contributed by atoms with E-state index in [1.54, 1.807) is 12.1 Å². The molecule has 1 N–H and O–H groups in total. The summed E-state index contributed by atoms with van der Waals surface area (Å²) in [6.07, 6.45) is 0. The number of hydrogen-bond acceptors (Lipinski definition) is 4. The molecule has 0 heterocycles. The Morgan fingerprint density at radius 2 is 1.71 bits per heavy atom. The first-order valence-corrected chi connectivity index (χ1v) is 5.22. The topological polar surface area (TPSA) is 56.8 Å². The fourth-order valence-corrected chi connectivity index (χ4v) is 1.48. The van der Waals surface area contributed by atoms with Gasteiger partial charge in [0.15, 0.2) is 11.5 Å². The number of ether oxygens (including phenoxy) is 3. The molecule has 1 aromatic carbocycles. The van der Waals surface area contributed by atoms with Gasteiger partial charge in [-0.25, -0.2) is 0 Å². The molecule has 0 fully saturated rings. The van der Waals surface area contributed by atoms with E-state index < -0.39 is 5.37 Å². The molecule has 0 spiro atoms. The zero-order valence-electron chi connectivity index (χ0n) is 9.87. The van der Waals surface area contributed by atoms with E-state index in [1.165, 1.54) is 21.3 Å². The molecule has 1 aromatic rings. The normalized spacial score (nSPS) is 9.65. The summed E-state index contributed by atoms with van der Waals surface area (Å²) in [6.45, 7) is 0.291. The van der Waals surface area contributed by atoms with Crippen LogP contribution in [-0.4, -0.2) is 26.7 Å². The average molecular weight is 260 g/mol. The SMILES string of the molecule is COc1cc(CNC(=O)Cl)cc(OC)c1OC. The molecule has 0 bridgehead atoms. The second-order valence-corrected chi connectivity index (χ2v) is 3.50. The van der Waals surface area contributed by atoms with Gasteiger partial charge in [0, 0.05) is 6.54 Å². The third-order valence-electron chi connectivity index (χ3n) is 2.16. The Hall–Kier alpha value is -1.62. The Morgan fingerprint density at radius 1 is 1.18 bits per heavy atom. The number of carbonyl (C=O) groups excluding carboxylic acids is 1. The molecule has 17 heavy (non-hydrogen) atoms. The molecule has 5 nitrogen and oxygen atoms in total. The Bertz CT molecular complexity index is 383. The Morgan fingerprint density at radius 3 is 2.06 bits per heavy atom. The standard InChI is InChI=1S/C11H14ClNO4/c1-15-8-4-7(6-13-11(12)14)5-9(16-2)10(8)17-3/h4-5H,6H2,1-3H3,(H,13,14). The van der Waals surface area contributed by atoms with Gasteiger partial charge < -0.3 is 19.5 Å². The van der Waals surface area contributed by atoms with Gasteiger partial charge in [0.2, 0.25) is 5.75 Å². The van der Waals surface area contributed by atoms with Crippen LogP contribution in [0.3, 0.4) is 0 Å². The van der Waals surface area contributed by atoms with Crippen LogP contribution < -0.4 is 19.5 Å². The van der Waals surface area contributed by atoms with Crippen LogP contribution in [0.25, 0.3) is 0 Å². The maximum Gasteiger partial charge on any atom is 0.314 e. The van der Waals surface area contributed by atoms with E-state index in [4.69, 9.17) is 25.8 Å². The van der Waals surface area contributed by atoms with Gasteiger partial charge in [-0.15, -0.1) is 0 Å². The van der Waals surface area contributed by atoms with Gasteiger partial charge >= 0.3 is 5.37 Å². The molecule has 0 unspecified atom stereocenters. The van der Waals surface area contributed by atoms with Crippen molar-refractivity contribution in [3.05, 3.63) is 17.7 Å².